The van der Waals surface area contributed by atoms with E-state index in [1.807, 2.05) is 6.08 Å². The summed E-state index contributed by atoms with van der Waals surface area (Å²) in [4.78, 5) is 14.4. The second-order valence-corrected chi connectivity index (χ2v) is 11.0. The van der Waals surface area contributed by atoms with Gasteiger partial charge in [0, 0.05) is 26.1 Å². The molecule has 3 nitrogen and oxygen atoms in total. The van der Waals surface area contributed by atoms with Crippen LogP contribution in [0.2, 0.25) is 0 Å². The van der Waals surface area contributed by atoms with Crippen molar-refractivity contribution in [3.8, 4) is 0 Å². The zero-order valence-electron chi connectivity index (χ0n) is 18.6. The zero-order chi connectivity index (χ0) is 20.1. The Balaban J connectivity index is 1.52. The average Bonchev–Trinajstić information content (AvgIpc) is 3.02. The summed E-state index contributed by atoms with van der Waals surface area (Å²) < 4.78 is 5.84. The molecule has 158 valence electrons. The van der Waals surface area contributed by atoms with Crippen molar-refractivity contribution in [2.75, 3.05) is 20.3 Å². The number of amides is 1. The van der Waals surface area contributed by atoms with E-state index in [2.05, 4.69) is 39.3 Å². The van der Waals surface area contributed by atoms with Gasteiger partial charge < -0.3 is 9.64 Å². The molecule has 0 radical (unpaired) electrons. The maximum Gasteiger partial charge on any atom is 0.222 e. The van der Waals surface area contributed by atoms with Crippen molar-refractivity contribution >= 4 is 5.91 Å². The van der Waals surface area contributed by atoms with Crippen LogP contribution in [0.1, 0.15) is 72.1 Å². The lowest BCUT2D eigenvalue weighted by atomic mass is 9.46. The van der Waals surface area contributed by atoms with Crippen LogP contribution in [-0.4, -0.2) is 37.1 Å². The van der Waals surface area contributed by atoms with Crippen LogP contribution in [0, 0.1) is 40.4 Å². The van der Waals surface area contributed by atoms with Gasteiger partial charge in [0.25, 0.3) is 0 Å². The van der Waals surface area contributed by atoms with Gasteiger partial charge in [-0.2, -0.15) is 0 Å². The molecule has 4 aliphatic rings. The Morgan fingerprint density at radius 1 is 1.14 bits per heavy atom. The molecule has 2 unspecified atom stereocenters. The molecule has 1 heterocycles. The second-order valence-electron chi connectivity index (χ2n) is 11.0. The zero-order valence-corrected chi connectivity index (χ0v) is 18.6. The van der Waals surface area contributed by atoms with E-state index in [0.717, 1.165) is 43.1 Å². The van der Waals surface area contributed by atoms with Gasteiger partial charge in [-0.15, -0.1) is 6.58 Å². The van der Waals surface area contributed by atoms with Crippen LogP contribution in [-0.2, 0) is 9.53 Å². The van der Waals surface area contributed by atoms with Crippen molar-refractivity contribution in [3.63, 3.8) is 0 Å². The molecule has 1 amide bonds. The van der Waals surface area contributed by atoms with Crippen LogP contribution in [0.15, 0.2) is 12.7 Å². The molecule has 0 aromatic carbocycles. The number of hydrogen-bond donors (Lipinski definition) is 0. The maximum absolute atomic E-state index is 12.3. The summed E-state index contributed by atoms with van der Waals surface area (Å²) in [6, 6.07) is 0.475. The Bertz CT molecular complexity index is 618. The van der Waals surface area contributed by atoms with Gasteiger partial charge in [0.2, 0.25) is 5.91 Å². The van der Waals surface area contributed by atoms with Crippen LogP contribution in [0.5, 0.6) is 0 Å². The summed E-state index contributed by atoms with van der Waals surface area (Å²) >= 11 is 0. The first-order chi connectivity index (χ1) is 13.3. The number of ether oxygens (including phenoxy) is 1. The first kappa shape index (κ1) is 20.4. The molecule has 8 atom stereocenters. The summed E-state index contributed by atoms with van der Waals surface area (Å²) in [6.07, 6.45) is 11.8. The lowest BCUT2D eigenvalue weighted by molar-refractivity contribution is -0.159. The quantitative estimate of drug-likeness (QED) is 0.473. The molecule has 3 aliphatic carbocycles. The van der Waals surface area contributed by atoms with Crippen molar-refractivity contribution < 1.29 is 9.53 Å². The van der Waals surface area contributed by atoms with E-state index in [9.17, 15) is 4.79 Å². The fourth-order valence-electron chi connectivity index (χ4n) is 8.58. The molecule has 1 aliphatic heterocycles. The van der Waals surface area contributed by atoms with Crippen molar-refractivity contribution in [1.29, 1.82) is 0 Å². The summed E-state index contributed by atoms with van der Waals surface area (Å²) in [5.74, 6) is 4.36. The minimum Gasteiger partial charge on any atom is -0.377 e. The van der Waals surface area contributed by atoms with Crippen LogP contribution < -0.4 is 0 Å². The first-order valence-corrected chi connectivity index (χ1v) is 11.8. The largest absolute Gasteiger partial charge is 0.377 e. The third kappa shape index (κ3) is 2.99. The van der Waals surface area contributed by atoms with Crippen LogP contribution in [0.25, 0.3) is 0 Å². The normalized spacial score (nSPS) is 46.5. The molecule has 28 heavy (non-hydrogen) atoms. The molecule has 0 aromatic rings. The lowest BCUT2D eigenvalue weighted by Gasteiger charge is -2.62. The fraction of sp³-hybridized carbons (Fsp3) is 0.880. The molecule has 4 rings (SSSR count). The Morgan fingerprint density at radius 3 is 2.64 bits per heavy atom. The first-order valence-electron chi connectivity index (χ1n) is 11.8. The summed E-state index contributed by atoms with van der Waals surface area (Å²) in [6.45, 7) is 12.9. The number of piperidine rings is 1. The average molecular weight is 388 g/mol. The third-order valence-electron chi connectivity index (χ3n) is 9.93. The molecule has 3 heteroatoms. The number of nitrogens with zero attached hydrogens (tertiary/aromatic N) is 1. The predicted octanol–water partition coefficient (Wildman–Crippen LogP) is 5.30. The lowest BCUT2D eigenvalue weighted by Crippen LogP contribution is -2.61. The molecule has 0 aromatic heterocycles. The van der Waals surface area contributed by atoms with Gasteiger partial charge in [-0.25, -0.2) is 0 Å². The SMILES string of the molecule is C=CCOCC(C)[C@H]1CC[C@H]2[C@@H]3CCC4N(C)C(=O)CC[C@]4(C)[C@H]3CC[C@]12C. The van der Waals surface area contributed by atoms with Gasteiger partial charge in [-0.05, 0) is 85.4 Å². The van der Waals surface area contributed by atoms with Gasteiger partial charge in [0.15, 0.2) is 0 Å². The van der Waals surface area contributed by atoms with E-state index in [-0.39, 0.29) is 0 Å². The van der Waals surface area contributed by atoms with Gasteiger partial charge >= 0.3 is 0 Å². The van der Waals surface area contributed by atoms with E-state index in [0.29, 0.717) is 35.3 Å². The van der Waals surface area contributed by atoms with Crippen molar-refractivity contribution in [2.24, 2.45) is 40.4 Å². The van der Waals surface area contributed by atoms with Crippen LogP contribution >= 0.6 is 0 Å². The minimum absolute atomic E-state index is 0.337. The van der Waals surface area contributed by atoms with Crippen LogP contribution in [0.3, 0.4) is 0 Å². The molecule has 3 saturated carbocycles. The number of carbonyl (C=O) groups excluding carboxylic acids is 1. The summed E-state index contributed by atoms with van der Waals surface area (Å²) in [5, 5.41) is 0. The highest BCUT2D eigenvalue weighted by Crippen LogP contribution is 2.67. The van der Waals surface area contributed by atoms with Gasteiger partial charge in [-0.3, -0.25) is 4.79 Å². The van der Waals surface area contributed by atoms with Crippen molar-refractivity contribution in [2.45, 2.75) is 78.2 Å². The smallest absolute Gasteiger partial charge is 0.222 e. The Morgan fingerprint density at radius 2 is 1.89 bits per heavy atom. The number of likely N-dealkylation sites (tertiary alicyclic amines) is 1. The monoisotopic (exact) mass is 387 g/mol. The van der Waals surface area contributed by atoms with E-state index in [4.69, 9.17) is 4.74 Å². The third-order valence-corrected chi connectivity index (χ3v) is 9.93. The van der Waals surface area contributed by atoms with E-state index in [1.165, 1.54) is 38.5 Å². The molecular weight excluding hydrogens is 346 g/mol. The van der Waals surface area contributed by atoms with E-state index < -0.39 is 0 Å². The van der Waals surface area contributed by atoms with Gasteiger partial charge in [0.1, 0.15) is 0 Å². The Hall–Kier alpha value is -0.830. The topological polar surface area (TPSA) is 29.5 Å². The molecule has 0 bridgehead atoms. The number of fused-ring (bicyclic) bond motifs is 5. The number of hydrogen-bond acceptors (Lipinski definition) is 2. The molecule has 1 saturated heterocycles. The van der Waals surface area contributed by atoms with E-state index >= 15 is 0 Å². The Labute approximate surface area is 172 Å². The molecule has 4 fully saturated rings. The predicted molar refractivity (Wildman–Crippen MR) is 114 cm³/mol. The maximum atomic E-state index is 12.3. The fourth-order valence-corrected chi connectivity index (χ4v) is 8.58. The van der Waals surface area contributed by atoms with Gasteiger partial charge in [-0.1, -0.05) is 26.8 Å². The van der Waals surface area contributed by atoms with Gasteiger partial charge in [0.05, 0.1) is 6.61 Å². The standard InChI is InChI=1S/C25H41NO2/c1-6-15-28-16-17(2)19-8-9-20-18-7-10-22-25(4,14-12-23(27)26(22)5)21(18)11-13-24(19,20)3/h6,17-22H,1,7-16H2,2-5H3/t17?,18-,19+,20-,21-,22?,24+,25+/m0/s1. The molecule has 0 spiro atoms. The van der Waals surface area contributed by atoms with Crippen molar-refractivity contribution in [3.05, 3.63) is 12.7 Å². The Kier molecular flexibility index (Phi) is 5.44. The van der Waals surface area contributed by atoms with Crippen molar-refractivity contribution in [1.82, 2.24) is 4.90 Å². The minimum atomic E-state index is 0.337. The summed E-state index contributed by atoms with van der Waals surface area (Å²) in [5.41, 5.74) is 0.821. The summed E-state index contributed by atoms with van der Waals surface area (Å²) in [7, 11) is 2.06. The molecular formula is C25H41NO2. The highest BCUT2D eigenvalue weighted by atomic mass is 16.5. The second kappa shape index (κ2) is 7.45. The highest BCUT2D eigenvalue weighted by Gasteiger charge is 2.61. The molecule has 0 N–H and O–H groups in total. The van der Waals surface area contributed by atoms with Crippen LogP contribution in [0.4, 0.5) is 0 Å². The number of rotatable bonds is 5. The van der Waals surface area contributed by atoms with E-state index in [1.54, 1.807) is 0 Å². The number of carbonyl (C=O) groups is 1. The highest BCUT2D eigenvalue weighted by molar-refractivity contribution is 5.77.